The minimum atomic E-state index is -0.574. The Hall–Kier alpha value is -2.80. The average Bonchev–Trinajstić information content (AvgIpc) is 2.57. The molecule has 0 heterocycles. The molecular weight excluding hydrogens is 339 g/mol. The third-order valence-electron chi connectivity index (χ3n) is 2.69. The van der Waals surface area contributed by atoms with Gasteiger partial charge >= 0.3 is 0 Å². The molecule has 0 bridgehead atoms. The Balaban J connectivity index is 1.65. The Kier molecular flexibility index (Phi) is 6.39. The van der Waals surface area contributed by atoms with Crippen LogP contribution < -0.4 is 20.3 Å². The zero-order chi connectivity index (χ0) is 17.4. The van der Waals surface area contributed by atoms with Gasteiger partial charge < -0.3 is 9.47 Å². The number of carbonyl (C=O) groups is 2. The van der Waals surface area contributed by atoms with Crippen molar-refractivity contribution in [3.63, 3.8) is 0 Å². The van der Waals surface area contributed by atoms with Crippen LogP contribution in [0.2, 0.25) is 5.02 Å². The zero-order valence-electron chi connectivity index (χ0n) is 12.4. The van der Waals surface area contributed by atoms with Crippen LogP contribution in [0.3, 0.4) is 0 Å². The number of benzene rings is 2. The summed E-state index contributed by atoms with van der Waals surface area (Å²) < 4.78 is 23.0. The molecule has 2 amide bonds. The monoisotopic (exact) mass is 352 g/mol. The molecule has 0 fully saturated rings. The maximum Gasteiger partial charge on any atom is 0.276 e. The van der Waals surface area contributed by atoms with Gasteiger partial charge in [-0.25, -0.2) is 4.39 Å². The molecule has 0 aromatic heterocycles. The minimum absolute atomic E-state index is 0.292. The van der Waals surface area contributed by atoms with Gasteiger partial charge in [0.05, 0.1) is 0 Å². The van der Waals surface area contributed by atoms with E-state index in [0.29, 0.717) is 16.5 Å². The van der Waals surface area contributed by atoms with Crippen molar-refractivity contribution in [3.05, 3.63) is 59.4 Å². The van der Waals surface area contributed by atoms with Gasteiger partial charge in [-0.2, -0.15) is 0 Å². The fraction of sp³-hybridized carbons (Fsp3) is 0.125. The standard InChI is InChI=1S/C16H14ClFN2O4/c17-11-2-1-3-14(8-11)24-10-16(22)20-19-15(21)9-23-13-6-4-12(18)5-7-13/h1-8H,9-10H2,(H,19,21)(H,20,22). The molecule has 0 unspecified atom stereocenters. The molecule has 0 aliphatic carbocycles. The molecule has 0 spiro atoms. The summed E-state index contributed by atoms with van der Waals surface area (Å²) in [6, 6.07) is 11.8. The highest BCUT2D eigenvalue weighted by Crippen LogP contribution is 2.16. The molecule has 24 heavy (non-hydrogen) atoms. The van der Waals surface area contributed by atoms with E-state index in [1.165, 1.54) is 24.3 Å². The largest absolute Gasteiger partial charge is 0.484 e. The molecule has 0 atom stereocenters. The van der Waals surface area contributed by atoms with Crippen LogP contribution in [-0.4, -0.2) is 25.0 Å². The third-order valence-corrected chi connectivity index (χ3v) is 2.93. The number of hydrazine groups is 1. The summed E-state index contributed by atoms with van der Waals surface area (Å²) in [5.41, 5.74) is 4.34. The second kappa shape index (κ2) is 8.73. The molecule has 0 saturated carbocycles. The van der Waals surface area contributed by atoms with Crippen LogP contribution in [0.15, 0.2) is 48.5 Å². The Bertz CT molecular complexity index is 709. The molecule has 2 N–H and O–H groups in total. The van der Waals surface area contributed by atoms with Crippen LogP contribution >= 0.6 is 11.6 Å². The number of carbonyl (C=O) groups excluding carboxylic acids is 2. The summed E-state index contributed by atoms with van der Waals surface area (Å²) in [6.45, 7) is -0.624. The second-order valence-electron chi connectivity index (χ2n) is 4.58. The Morgan fingerprint density at radius 3 is 2.08 bits per heavy atom. The lowest BCUT2D eigenvalue weighted by Crippen LogP contribution is -2.45. The van der Waals surface area contributed by atoms with E-state index in [-0.39, 0.29) is 13.2 Å². The van der Waals surface area contributed by atoms with Gasteiger partial charge in [0.1, 0.15) is 17.3 Å². The average molecular weight is 353 g/mol. The van der Waals surface area contributed by atoms with Crippen molar-refractivity contribution in [3.8, 4) is 11.5 Å². The van der Waals surface area contributed by atoms with Gasteiger partial charge in [-0.05, 0) is 42.5 Å². The quantitative estimate of drug-likeness (QED) is 0.780. The van der Waals surface area contributed by atoms with Crippen molar-refractivity contribution < 1.29 is 23.5 Å². The molecule has 2 aromatic carbocycles. The first-order valence-corrected chi connectivity index (χ1v) is 7.25. The summed E-state index contributed by atoms with van der Waals surface area (Å²) in [6.07, 6.45) is 0. The molecule has 0 saturated heterocycles. The number of hydrogen-bond acceptors (Lipinski definition) is 4. The summed E-state index contributed by atoms with van der Waals surface area (Å²) in [5, 5.41) is 0.485. The first kappa shape index (κ1) is 17.6. The molecular formula is C16H14ClFN2O4. The maximum atomic E-state index is 12.7. The summed E-state index contributed by atoms with van der Waals surface area (Å²) in [7, 11) is 0. The predicted octanol–water partition coefficient (Wildman–Crippen LogP) is 2.08. The first-order valence-electron chi connectivity index (χ1n) is 6.87. The van der Waals surface area contributed by atoms with Crippen LogP contribution in [0.5, 0.6) is 11.5 Å². The lowest BCUT2D eigenvalue weighted by molar-refractivity contribution is -0.131. The van der Waals surface area contributed by atoms with Crippen molar-refractivity contribution in [1.82, 2.24) is 10.9 Å². The van der Waals surface area contributed by atoms with Gasteiger partial charge in [-0.3, -0.25) is 20.4 Å². The Morgan fingerprint density at radius 2 is 1.50 bits per heavy atom. The molecule has 0 radical (unpaired) electrons. The van der Waals surface area contributed by atoms with Crippen LogP contribution in [0.25, 0.3) is 0 Å². The molecule has 8 heteroatoms. The number of rotatable bonds is 6. The zero-order valence-corrected chi connectivity index (χ0v) is 13.2. The molecule has 2 aromatic rings. The van der Waals surface area contributed by atoms with Crippen LogP contribution in [-0.2, 0) is 9.59 Å². The first-order chi connectivity index (χ1) is 11.5. The normalized spacial score (nSPS) is 9.92. The topological polar surface area (TPSA) is 76.7 Å². The lowest BCUT2D eigenvalue weighted by Gasteiger charge is -2.10. The van der Waals surface area contributed by atoms with E-state index in [9.17, 15) is 14.0 Å². The summed E-state index contributed by atoms with van der Waals surface area (Å²) in [4.78, 5) is 23.1. The second-order valence-corrected chi connectivity index (χ2v) is 5.02. The molecule has 2 rings (SSSR count). The van der Waals surface area contributed by atoms with Gasteiger partial charge in [0.25, 0.3) is 11.8 Å². The molecule has 126 valence electrons. The van der Waals surface area contributed by atoms with Crippen molar-refractivity contribution in [2.45, 2.75) is 0 Å². The van der Waals surface area contributed by atoms with E-state index in [1.54, 1.807) is 24.3 Å². The van der Waals surface area contributed by atoms with Gasteiger partial charge in [0.15, 0.2) is 13.2 Å². The predicted molar refractivity (Wildman–Crippen MR) is 85.1 cm³/mol. The van der Waals surface area contributed by atoms with Gasteiger partial charge in [-0.15, -0.1) is 0 Å². The van der Waals surface area contributed by atoms with E-state index < -0.39 is 17.6 Å². The maximum absolute atomic E-state index is 12.7. The van der Waals surface area contributed by atoms with Gasteiger partial charge in [0, 0.05) is 5.02 Å². The molecule has 0 aliphatic rings. The van der Waals surface area contributed by atoms with Gasteiger partial charge in [0.2, 0.25) is 0 Å². The van der Waals surface area contributed by atoms with E-state index >= 15 is 0 Å². The van der Waals surface area contributed by atoms with Crippen LogP contribution in [0, 0.1) is 5.82 Å². The highest BCUT2D eigenvalue weighted by Gasteiger charge is 2.07. The fourth-order valence-electron chi connectivity index (χ4n) is 1.60. The molecule has 0 aliphatic heterocycles. The van der Waals surface area contributed by atoms with Crippen molar-refractivity contribution in [1.29, 1.82) is 0 Å². The SMILES string of the molecule is O=C(COc1ccc(F)cc1)NNC(=O)COc1cccc(Cl)c1. The Labute approximate surface area is 142 Å². The minimum Gasteiger partial charge on any atom is -0.484 e. The van der Waals surface area contributed by atoms with E-state index in [2.05, 4.69) is 10.9 Å². The lowest BCUT2D eigenvalue weighted by atomic mass is 10.3. The Morgan fingerprint density at radius 1 is 0.917 bits per heavy atom. The fourth-order valence-corrected chi connectivity index (χ4v) is 1.78. The summed E-state index contributed by atoms with van der Waals surface area (Å²) in [5.74, 6) is -0.759. The van der Waals surface area contributed by atoms with Crippen molar-refractivity contribution in [2.24, 2.45) is 0 Å². The number of halogens is 2. The smallest absolute Gasteiger partial charge is 0.276 e. The van der Waals surface area contributed by atoms with Crippen LogP contribution in [0.4, 0.5) is 4.39 Å². The van der Waals surface area contributed by atoms with Gasteiger partial charge in [-0.1, -0.05) is 17.7 Å². The number of hydrogen-bond donors (Lipinski definition) is 2. The van der Waals surface area contributed by atoms with Crippen molar-refractivity contribution >= 4 is 23.4 Å². The third kappa shape index (κ3) is 6.13. The number of ether oxygens (including phenoxy) is 2. The summed E-state index contributed by atoms with van der Waals surface area (Å²) >= 11 is 5.78. The number of amides is 2. The highest BCUT2D eigenvalue weighted by molar-refractivity contribution is 6.30. The molecule has 6 nitrogen and oxygen atoms in total. The van der Waals surface area contributed by atoms with E-state index in [0.717, 1.165) is 0 Å². The highest BCUT2D eigenvalue weighted by atomic mass is 35.5. The van der Waals surface area contributed by atoms with E-state index in [4.69, 9.17) is 21.1 Å². The van der Waals surface area contributed by atoms with E-state index in [1.807, 2.05) is 0 Å². The number of nitrogens with one attached hydrogen (secondary N) is 2. The van der Waals surface area contributed by atoms with Crippen LogP contribution in [0.1, 0.15) is 0 Å². The van der Waals surface area contributed by atoms with Crippen molar-refractivity contribution in [2.75, 3.05) is 13.2 Å².